The van der Waals surface area contributed by atoms with Gasteiger partial charge in [-0.05, 0) is 37.3 Å². The molecule has 2 rings (SSSR count). The molecule has 0 unspecified atom stereocenters. The van der Waals surface area contributed by atoms with E-state index in [9.17, 15) is 5.11 Å². The van der Waals surface area contributed by atoms with E-state index < -0.39 is 6.10 Å². The first-order valence-electron chi connectivity index (χ1n) is 5.33. The van der Waals surface area contributed by atoms with Gasteiger partial charge in [-0.3, -0.25) is 4.98 Å². The molecular weight excluding hydrogens is 289 g/mol. The highest BCUT2D eigenvalue weighted by atomic mass is 35.5. The van der Waals surface area contributed by atoms with Crippen molar-refractivity contribution in [3.05, 3.63) is 52.3 Å². The molecule has 0 aliphatic rings. The van der Waals surface area contributed by atoms with E-state index >= 15 is 0 Å². The van der Waals surface area contributed by atoms with Crippen LogP contribution in [0.15, 0.2) is 46.3 Å². The van der Waals surface area contributed by atoms with Gasteiger partial charge in [0.25, 0.3) is 0 Å². The molecule has 0 saturated heterocycles. The van der Waals surface area contributed by atoms with Gasteiger partial charge in [0, 0.05) is 16.0 Å². The van der Waals surface area contributed by atoms with E-state index in [4.69, 9.17) is 23.2 Å². The SMILES string of the molecule is C[C@@H](O)c1ccc(Sc2ccc(Cl)c(Cl)c2)cn1. The van der Waals surface area contributed by atoms with E-state index in [2.05, 4.69) is 4.98 Å². The quantitative estimate of drug-likeness (QED) is 0.899. The number of aliphatic hydroxyl groups excluding tert-OH is 1. The second-order valence-electron chi connectivity index (χ2n) is 3.77. The summed E-state index contributed by atoms with van der Waals surface area (Å²) in [6.45, 7) is 1.69. The number of aliphatic hydroxyl groups is 1. The summed E-state index contributed by atoms with van der Waals surface area (Å²) in [4.78, 5) is 6.16. The Bertz CT molecular complexity index is 543. The van der Waals surface area contributed by atoms with Crippen molar-refractivity contribution in [3.8, 4) is 0 Å². The van der Waals surface area contributed by atoms with Crippen LogP contribution in [0, 0.1) is 0 Å². The number of rotatable bonds is 3. The number of halogens is 2. The van der Waals surface area contributed by atoms with Gasteiger partial charge in [0.2, 0.25) is 0 Å². The normalized spacial score (nSPS) is 12.4. The van der Waals surface area contributed by atoms with Gasteiger partial charge in [0.05, 0.1) is 21.8 Å². The number of nitrogens with zero attached hydrogens (tertiary/aromatic N) is 1. The third-order valence-electron chi connectivity index (χ3n) is 2.31. The minimum absolute atomic E-state index is 0.537. The Morgan fingerprint density at radius 3 is 2.39 bits per heavy atom. The van der Waals surface area contributed by atoms with Gasteiger partial charge >= 0.3 is 0 Å². The highest BCUT2D eigenvalue weighted by molar-refractivity contribution is 7.99. The van der Waals surface area contributed by atoms with E-state index in [1.807, 2.05) is 24.3 Å². The van der Waals surface area contributed by atoms with Crippen LogP contribution in [0.2, 0.25) is 10.0 Å². The molecule has 0 saturated carbocycles. The van der Waals surface area contributed by atoms with Crippen molar-refractivity contribution in [2.45, 2.75) is 22.8 Å². The lowest BCUT2D eigenvalue weighted by molar-refractivity contribution is 0.194. The molecule has 0 fully saturated rings. The molecule has 1 N–H and O–H groups in total. The Morgan fingerprint density at radius 2 is 1.83 bits per heavy atom. The maximum Gasteiger partial charge on any atom is 0.0931 e. The Labute approximate surface area is 120 Å². The molecule has 1 heterocycles. The Hall–Kier alpha value is -0.740. The van der Waals surface area contributed by atoms with Crippen LogP contribution in [-0.2, 0) is 0 Å². The van der Waals surface area contributed by atoms with Gasteiger partial charge in [-0.2, -0.15) is 0 Å². The minimum Gasteiger partial charge on any atom is -0.387 e. The van der Waals surface area contributed by atoms with Gasteiger partial charge < -0.3 is 5.11 Å². The van der Waals surface area contributed by atoms with Crippen molar-refractivity contribution in [2.75, 3.05) is 0 Å². The van der Waals surface area contributed by atoms with Gasteiger partial charge in [0.1, 0.15) is 0 Å². The zero-order valence-electron chi connectivity index (χ0n) is 9.60. The summed E-state index contributed by atoms with van der Waals surface area (Å²) in [7, 11) is 0. The Kier molecular flexibility index (Phi) is 4.51. The topological polar surface area (TPSA) is 33.1 Å². The molecule has 0 aliphatic heterocycles. The number of hydrogen-bond donors (Lipinski definition) is 1. The van der Waals surface area contributed by atoms with Crippen LogP contribution in [0.1, 0.15) is 18.7 Å². The van der Waals surface area contributed by atoms with E-state index in [0.29, 0.717) is 15.7 Å². The summed E-state index contributed by atoms with van der Waals surface area (Å²) >= 11 is 13.4. The first kappa shape index (κ1) is 13.7. The lowest BCUT2D eigenvalue weighted by Gasteiger charge is -2.06. The summed E-state index contributed by atoms with van der Waals surface area (Å²) in [5.41, 5.74) is 0.661. The lowest BCUT2D eigenvalue weighted by atomic mass is 10.2. The standard InChI is InChI=1S/C13H11Cl2NOS/c1-8(17)13-5-3-10(7-16-13)18-9-2-4-11(14)12(15)6-9/h2-8,17H,1H3/t8-/m1/s1. The maximum atomic E-state index is 9.37. The number of hydrogen-bond acceptors (Lipinski definition) is 3. The molecule has 1 aromatic heterocycles. The fourth-order valence-electron chi connectivity index (χ4n) is 1.38. The second kappa shape index (κ2) is 5.93. The van der Waals surface area contributed by atoms with E-state index in [0.717, 1.165) is 9.79 Å². The van der Waals surface area contributed by atoms with E-state index in [1.165, 1.54) is 0 Å². The van der Waals surface area contributed by atoms with Crippen molar-refractivity contribution in [1.82, 2.24) is 4.98 Å². The molecule has 0 amide bonds. The zero-order valence-corrected chi connectivity index (χ0v) is 11.9. The van der Waals surface area contributed by atoms with Crippen molar-refractivity contribution in [2.24, 2.45) is 0 Å². The van der Waals surface area contributed by atoms with E-state index in [1.54, 1.807) is 30.9 Å². The molecule has 2 nitrogen and oxygen atoms in total. The average Bonchev–Trinajstić information content (AvgIpc) is 2.34. The van der Waals surface area contributed by atoms with Crippen LogP contribution in [-0.4, -0.2) is 10.1 Å². The molecule has 2 aromatic rings. The third kappa shape index (κ3) is 3.39. The highest BCUT2D eigenvalue weighted by Crippen LogP contribution is 2.32. The predicted molar refractivity (Wildman–Crippen MR) is 75.5 cm³/mol. The molecular formula is C13H11Cl2NOS. The molecule has 5 heteroatoms. The predicted octanol–water partition coefficient (Wildman–Crippen LogP) is 4.59. The molecule has 94 valence electrons. The lowest BCUT2D eigenvalue weighted by Crippen LogP contribution is -1.94. The van der Waals surface area contributed by atoms with Gasteiger partial charge in [-0.1, -0.05) is 35.0 Å². The summed E-state index contributed by atoms with van der Waals surface area (Å²) in [6.07, 6.45) is 1.18. The second-order valence-corrected chi connectivity index (χ2v) is 5.73. The minimum atomic E-state index is -0.547. The zero-order chi connectivity index (χ0) is 13.1. The van der Waals surface area contributed by atoms with Gasteiger partial charge in [-0.25, -0.2) is 0 Å². The van der Waals surface area contributed by atoms with Crippen LogP contribution in [0.25, 0.3) is 0 Å². The summed E-state index contributed by atoms with van der Waals surface area (Å²) in [5.74, 6) is 0. The van der Waals surface area contributed by atoms with Crippen LogP contribution >= 0.6 is 35.0 Å². The molecule has 0 radical (unpaired) electrons. The summed E-state index contributed by atoms with van der Waals surface area (Å²) in [6, 6.07) is 9.22. The first-order valence-corrected chi connectivity index (χ1v) is 6.90. The van der Waals surface area contributed by atoms with Crippen molar-refractivity contribution in [1.29, 1.82) is 0 Å². The third-order valence-corrected chi connectivity index (χ3v) is 4.02. The molecule has 0 aliphatic carbocycles. The summed E-state index contributed by atoms with van der Waals surface area (Å²) in [5, 5.41) is 10.5. The molecule has 1 aromatic carbocycles. The first-order chi connectivity index (χ1) is 8.56. The van der Waals surface area contributed by atoms with E-state index in [-0.39, 0.29) is 0 Å². The van der Waals surface area contributed by atoms with Gasteiger partial charge in [-0.15, -0.1) is 0 Å². The number of pyridine rings is 1. The number of aromatic nitrogens is 1. The fourth-order valence-corrected chi connectivity index (χ4v) is 2.56. The van der Waals surface area contributed by atoms with Crippen LogP contribution in [0.3, 0.4) is 0 Å². The smallest absolute Gasteiger partial charge is 0.0931 e. The van der Waals surface area contributed by atoms with Gasteiger partial charge in [0.15, 0.2) is 0 Å². The fraction of sp³-hybridized carbons (Fsp3) is 0.154. The largest absolute Gasteiger partial charge is 0.387 e. The average molecular weight is 300 g/mol. The monoisotopic (exact) mass is 299 g/mol. The molecule has 0 spiro atoms. The van der Waals surface area contributed by atoms with Crippen LogP contribution < -0.4 is 0 Å². The maximum absolute atomic E-state index is 9.37. The highest BCUT2D eigenvalue weighted by Gasteiger charge is 2.04. The van der Waals surface area contributed by atoms with Crippen LogP contribution in [0.5, 0.6) is 0 Å². The van der Waals surface area contributed by atoms with Crippen LogP contribution in [0.4, 0.5) is 0 Å². The number of benzene rings is 1. The summed E-state index contributed by atoms with van der Waals surface area (Å²) < 4.78 is 0. The van der Waals surface area contributed by atoms with Crippen molar-refractivity contribution >= 4 is 35.0 Å². The van der Waals surface area contributed by atoms with Crippen molar-refractivity contribution in [3.63, 3.8) is 0 Å². The molecule has 0 bridgehead atoms. The van der Waals surface area contributed by atoms with Crippen molar-refractivity contribution < 1.29 is 5.11 Å². The Morgan fingerprint density at radius 1 is 1.11 bits per heavy atom. The molecule has 18 heavy (non-hydrogen) atoms. The molecule has 1 atom stereocenters. The Balaban J connectivity index is 2.15.